The van der Waals surface area contributed by atoms with Crippen LogP contribution >= 0.6 is 11.6 Å². The molecule has 98 valence electrons. The van der Waals surface area contributed by atoms with E-state index in [2.05, 4.69) is 5.32 Å². The van der Waals surface area contributed by atoms with Crippen molar-refractivity contribution in [2.45, 2.75) is 0 Å². The Kier molecular flexibility index (Phi) is 3.66. The molecule has 0 unspecified atom stereocenters. The number of anilines is 2. The van der Waals surface area contributed by atoms with Crippen LogP contribution in [0.15, 0.2) is 36.4 Å². The summed E-state index contributed by atoms with van der Waals surface area (Å²) >= 11 is 5.59. The summed E-state index contributed by atoms with van der Waals surface area (Å²) in [6.07, 6.45) is 0. The van der Waals surface area contributed by atoms with E-state index in [1.165, 1.54) is 18.2 Å². The largest absolute Gasteiger partial charge is 0.398 e. The van der Waals surface area contributed by atoms with Crippen LogP contribution in [0.2, 0.25) is 5.02 Å². The average molecular weight is 283 g/mol. The molecule has 0 radical (unpaired) electrons. The van der Waals surface area contributed by atoms with Crippen LogP contribution < -0.4 is 11.1 Å². The van der Waals surface area contributed by atoms with E-state index in [-0.39, 0.29) is 16.3 Å². The molecular formula is C13H9ClF2N2O. The second kappa shape index (κ2) is 5.24. The maximum Gasteiger partial charge on any atom is 0.257 e. The Hall–Kier alpha value is -2.14. The molecule has 0 aliphatic heterocycles. The smallest absolute Gasteiger partial charge is 0.257 e. The molecule has 0 saturated carbocycles. The molecule has 0 atom stereocenters. The molecule has 0 fully saturated rings. The Bertz CT molecular complexity index is 647. The highest BCUT2D eigenvalue weighted by atomic mass is 35.5. The lowest BCUT2D eigenvalue weighted by atomic mass is 10.1. The number of halogens is 3. The first-order valence-corrected chi connectivity index (χ1v) is 5.66. The Morgan fingerprint density at radius 2 is 1.89 bits per heavy atom. The molecule has 0 spiro atoms. The Balaban J connectivity index is 2.23. The minimum Gasteiger partial charge on any atom is -0.398 e. The fourth-order valence-electron chi connectivity index (χ4n) is 1.51. The molecule has 1 amide bonds. The van der Waals surface area contributed by atoms with E-state index in [9.17, 15) is 13.6 Å². The zero-order chi connectivity index (χ0) is 14.0. The Morgan fingerprint density at radius 1 is 1.16 bits per heavy atom. The van der Waals surface area contributed by atoms with E-state index in [1.807, 2.05) is 0 Å². The number of hydrogen-bond donors (Lipinski definition) is 2. The van der Waals surface area contributed by atoms with E-state index < -0.39 is 17.5 Å². The van der Waals surface area contributed by atoms with Crippen LogP contribution in [0.5, 0.6) is 0 Å². The summed E-state index contributed by atoms with van der Waals surface area (Å²) < 4.78 is 25.8. The first-order chi connectivity index (χ1) is 8.97. The second-order valence-corrected chi connectivity index (χ2v) is 4.22. The Labute approximate surface area is 113 Å². The molecule has 6 heteroatoms. The molecule has 3 N–H and O–H groups in total. The molecule has 0 heterocycles. The number of nitrogens with one attached hydrogen (secondary N) is 1. The topological polar surface area (TPSA) is 55.1 Å². The summed E-state index contributed by atoms with van der Waals surface area (Å²) in [4.78, 5) is 11.9. The van der Waals surface area contributed by atoms with Crippen molar-refractivity contribution in [3.63, 3.8) is 0 Å². The predicted molar refractivity (Wildman–Crippen MR) is 70.2 cm³/mol. The van der Waals surface area contributed by atoms with Gasteiger partial charge in [-0.3, -0.25) is 4.79 Å². The second-order valence-electron chi connectivity index (χ2n) is 3.81. The number of carbonyl (C=O) groups excluding carboxylic acids is 1. The van der Waals surface area contributed by atoms with Crippen molar-refractivity contribution in [3.05, 3.63) is 58.6 Å². The highest BCUT2D eigenvalue weighted by Gasteiger charge is 2.11. The van der Waals surface area contributed by atoms with Gasteiger partial charge in [0.05, 0.1) is 10.6 Å². The minimum absolute atomic E-state index is 0.0192. The van der Waals surface area contributed by atoms with E-state index in [4.69, 9.17) is 17.3 Å². The molecule has 0 aliphatic rings. The molecule has 0 saturated heterocycles. The summed E-state index contributed by atoms with van der Waals surface area (Å²) in [5, 5.41) is 2.39. The molecule has 2 rings (SSSR count). The van der Waals surface area contributed by atoms with Crippen LogP contribution in [0.1, 0.15) is 10.4 Å². The highest BCUT2D eigenvalue weighted by Crippen LogP contribution is 2.21. The van der Waals surface area contributed by atoms with Crippen molar-refractivity contribution in [1.82, 2.24) is 0 Å². The van der Waals surface area contributed by atoms with Gasteiger partial charge in [0, 0.05) is 11.4 Å². The van der Waals surface area contributed by atoms with Gasteiger partial charge in [-0.2, -0.15) is 0 Å². The average Bonchev–Trinajstić information content (AvgIpc) is 2.33. The molecule has 0 aliphatic carbocycles. The van der Waals surface area contributed by atoms with Crippen LogP contribution in [0, 0.1) is 11.6 Å². The number of benzene rings is 2. The zero-order valence-corrected chi connectivity index (χ0v) is 10.3. The van der Waals surface area contributed by atoms with Crippen LogP contribution in [-0.2, 0) is 0 Å². The number of amides is 1. The highest BCUT2D eigenvalue weighted by molar-refractivity contribution is 6.31. The molecule has 0 aromatic heterocycles. The number of hydrogen-bond acceptors (Lipinski definition) is 2. The van der Waals surface area contributed by atoms with Crippen LogP contribution in [-0.4, -0.2) is 5.91 Å². The van der Waals surface area contributed by atoms with Crippen LogP contribution in [0.3, 0.4) is 0 Å². The van der Waals surface area contributed by atoms with Gasteiger partial charge >= 0.3 is 0 Å². The van der Waals surface area contributed by atoms with Gasteiger partial charge in [-0.25, -0.2) is 8.78 Å². The lowest BCUT2D eigenvalue weighted by Gasteiger charge is -2.08. The van der Waals surface area contributed by atoms with Gasteiger partial charge < -0.3 is 11.1 Å². The monoisotopic (exact) mass is 282 g/mol. The van der Waals surface area contributed by atoms with Crippen molar-refractivity contribution >= 4 is 28.9 Å². The normalized spacial score (nSPS) is 10.3. The molecule has 3 nitrogen and oxygen atoms in total. The third-order valence-electron chi connectivity index (χ3n) is 2.44. The third-order valence-corrected chi connectivity index (χ3v) is 2.73. The Morgan fingerprint density at radius 3 is 2.53 bits per heavy atom. The first kappa shape index (κ1) is 13.3. The van der Waals surface area contributed by atoms with Gasteiger partial charge in [0.2, 0.25) is 0 Å². The first-order valence-electron chi connectivity index (χ1n) is 5.29. The molecule has 0 bridgehead atoms. The molecule has 2 aromatic rings. The van der Waals surface area contributed by atoms with Crippen LogP contribution in [0.4, 0.5) is 20.2 Å². The lowest BCUT2D eigenvalue weighted by Crippen LogP contribution is -2.14. The summed E-state index contributed by atoms with van der Waals surface area (Å²) in [7, 11) is 0. The third kappa shape index (κ3) is 3.00. The lowest BCUT2D eigenvalue weighted by molar-refractivity contribution is 0.102. The zero-order valence-electron chi connectivity index (χ0n) is 9.58. The van der Waals surface area contributed by atoms with Gasteiger partial charge in [-0.05, 0) is 36.4 Å². The summed E-state index contributed by atoms with van der Waals surface area (Å²) in [5.41, 5.74) is 6.01. The van der Waals surface area contributed by atoms with Crippen molar-refractivity contribution in [2.24, 2.45) is 0 Å². The quantitative estimate of drug-likeness (QED) is 0.829. The van der Waals surface area contributed by atoms with E-state index in [0.29, 0.717) is 5.69 Å². The number of nitrogens with two attached hydrogens (primary N) is 1. The minimum atomic E-state index is -0.582. The van der Waals surface area contributed by atoms with Crippen molar-refractivity contribution in [1.29, 1.82) is 0 Å². The van der Waals surface area contributed by atoms with Gasteiger partial charge in [0.25, 0.3) is 5.91 Å². The fraction of sp³-hybridized carbons (Fsp3) is 0. The maximum absolute atomic E-state index is 13.0. The molecule has 2 aromatic carbocycles. The van der Waals surface area contributed by atoms with E-state index in [1.54, 1.807) is 0 Å². The van der Waals surface area contributed by atoms with Crippen molar-refractivity contribution in [3.8, 4) is 0 Å². The van der Waals surface area contributed by atoms with Crippen LogP contribution in [0.25, 0.3) is 0 Å². The number of nitrogen functional groups attached to an aromatic ring is 1. The van der Waals surface area contributed by atoms with E-state index >= 15 is 0 Å². The van der Waals surface area contributed by atoms with Crippen molar-refractivity contribution in [2.75, 3.05) is 11.1 Å². The fourth-order valence-corrected chi connectivity index (χ4v) is 1.69. The van der Waals surface area contributed by atoms with Gasteiger partial charge in [0.1, 0.15) is 11.6 Å². The maximum atomic E-state index is 13.0. The van der Waals surface area contributed by atoms with Gasteiger partial charge in [0.15, 0.2) is 0 Å². The molecular weight excluding hydrogens is 274 g/mol. The summed E-state index contributed by atoms with van der Waals surface area (Å²) in [5.74, 6) is -1.64. The SMILES string of the molecule is Nc1cc(F)ccc1C(=O)Nc1ccc(F)c(Cl)c1. The van der Waals surface area contributed by atoms with Crippen molar-refractivity contribution < 1.29 is 13.6 Å². The standard InChI is InChI=1S/C13H9ClF2N2O/c14-10-6-8(2-4-11(10)16)18-13(19)9-3-1-7(15)5-12(9)17/h1-6H,17H2,(H,18,19). The number of rotatable bonds is 2. The summed E-state index contributed by atoms with van der Waals surface area (Å²) in [6, 6.07) is 7.21. The number of carbonyl (C=O) groups is 1. The molecule has 19 heavy (non-hydrogen) atoms. The van der Waals surface area contributed by atoms with Gasteiger partial charge in [-0.1, -0.05) is 11.6 Å². The summed E-state index contributed by atoms with van der Waals surface area (Å²) in [6.45, 7) is 0. The predicted octanol–water partition coefficient (Wildman–Crippen LogP) is 3.45. The van der Waals surface area contributed by atoms with E-state index in [0.717, 1.165) is 18.2 Å². The van der Waals surface area contributed by atoms with Gasteiger partial charge in [-0.15, -0.1) is 0 Å².